The number of anilines is 1. The molecule has 2 aromatic carbocycles. The van der Waals surface area contributed by atoms with Crippen LogP contribution in [0.5, 0.6) is 0 Å². The zero-order valence-corrected chi connectivity index (χ0v) is 15.8. The van der Waals surface area contributed by atoms with Crippen LogP contribution in [-0.2, 0) is 0 Å². The Hall–Kier alpha value is -2.63. The Morgan fingerprint density at radius 3 is 2.42 bits per heavy atom. The lowest BCUT2D eigenvalue weighted by molar-refractivity contribution is 0.244. The summed E-state index contributed by atoms with van der Waals surface area (Å²) in [6, 6.07) is 22.0. The van der Waals surface area contributed by atoms with Gasteiger partial charge in [-0.05, 0) is 37.2 Å². The van der Waals surface area contributed by atoms with Crippen molar-refractivity contribution in [1.82, 2.24) is 10.2 Å². The molecule has 1 aromatic heterocycles. The Morgan fingerprint density at radius 1 is 1.00 bits per heavy atom. The number of hydrogen-bond acceptors (Lipinski definition) is 3. The van der Waals surface area contributed by atoms with Gasteiger partial charge in [-0.2, -0.15) is 0 Å². The molecule has 0 saturated carbocycles. The molecule has 1 heterocycles. The van der Waals surface area contributed by atoms with Gasteiger partial charge in [0.15, 0.2) is 0 Å². The van der Waals surface area contributed by atoms with E-state index in [9.17, 15) is 4.79 Å². The molecule has 134 valence electrons. The van der Waals surface area contributed by atoms with Gasteiger partial charge in [0.2, 0.25) is 0 Å². The average Bonchev–Trinajstić information content (AvgIpc) is 3.17. The first kappa shape index (κ1) is 18.2. The quantitative estimate of drug-likeness (QED) is 0.656. The number of urea groups is 1. The van der Waals surface area contributed by atoms with Gasteiger partial charge in [-0.15, -0.1) is 11.3 Å². The Morgan fingerprint density at radius 2 is 1.73 bits per heavy atom. The number of rotatable bonds is 6. The fourth-order valence-electron chi connectivity index (χ4n) is 2.84. The standard InChI is InChI=1S/C21H23N3OS/c1-24(2)19(20-13-8-14-26-20)15-22-21(25)23-18-12-7-6-11-17(18)16-9-4-3-5-10-16/h3-14,19H,15H2,1-2H3,(H2,22,23,25). The number of likely N-dealkylation sites (N-methyl/N-ethyl adjacent to an activating group) is 1. The molecule has 0 saturated heterocycles. The van der Waals surface area contributed by atoms with Crippen LogP contribution in [0.1, 0.15) is 10.9 Å². The van der Waals surface area contributed by atoms with Crippen molar-refractivity contribution in [2.75, 3.05) is 26.0 Å². The third-order valence-electron chi connectivity index (χ3n) is 4.21. The second-order valence-electron chi connectivity index (χ2n) is 6.24. The molecule has 0 radical (unpaired) electrons. The summed E-state index contributed by atoms with van der Waals surface area (Å²) < 4.78 is 0. The zero-order valence-electron chi connectivity index (χ0n) is 15.0. The Labute approximate surface area is 158 Å². The van der Waals surface area contributed by atoms with Gasteiger partial charge in [0.1, 0.15) is 0 Å². The molecule has 3 rings (SSSR count). The molecule has 3 aromatic rings. The van der Waals surface area contributed by atoms with Gasteiger partial charge in [0, 0.05) is 17.0 Å². The number of benzene rings is 2. The van der Waals surface area contributed by atoms with Crippen molar-refractivity contribution in [3.8, 4) is 11.1 Å². The summed E-state index contributed by atoms with van der Waals surface area (Å²) in [5.74, 6) is 0. The van der Waals surface area contributed by atoms with Crippen molar-refractivity contribution >= 4 is 23.1 Å². The van der Waals surface area contributed by atoms with E-state index in [4.69, 9.17) is 0 Å². The second-order valence-corrected chi connectivity index (χ2v) is 7.22. The van der Waals surface area contributed by atoms with Crippen molar-refractivity contribution in [3.63, 3.8) is 0 Å². The first-order valence-corrected chi connectivity index (χ1v) is 9.42. The van der Waals surface area contributed by atoms with Crippen LogP contribution >= 0.6 is 11.3 Å². The van der Waals surface area contributed by atoms with Crippen LogP contribution in [-0.4, -0.2) is 31.6 Å². The van der Waals surface area contributed by atoms with Gasteiger partial charge >= 0.3 is 6.03 Å². The van der Waals surface area contributed by atoms with E-state index in [0.29, 0.717) is 6.54 Å². The van der Waals surface area contributed by atoms with E-state index < -0.39 is 0 Å². The number of hydrogen-bond donors (Lipinski definition) is 2. The number of nitrogens with zero attached hydrogens (tertiary/aromatic N) is 1. The molecular formula is C21H23N3OS. The molecule has 0 aliphatic heterocycles. The van der Waals surface area contributed by atoms with Crippen LogP contribution in [0.2, 0.25) is 0 Å². The Kier molecular flexibility index (Phi) is 6.04. The maximum atomic E-state index is 12.5. The monoisotopic (exact) mass is 365 g/mol. The second kappa shape index (κ2) is 8.65. The minimum absolute atomic E-state index is 0.158. The molecule has 1 atom stereocenters. The highest BCUT2D eigenvalue weighted by molar-refractivity contribution is 7.10. The summed E-state index contributed by atoms with van der Waals surface area (Å²) in [6.45, 7) is 0.548. The highest BCUT2D eigenvalue weighted by Gasteiger charge is 2.16. The summed E-state index contributed by atoms with van der Waals surface area (Å²) >= 11 is 1.70. The molecule has 2 amide bonds. The average molecular weight is 366 g/mol. The highest BCUT2D eigenvalue weighted by atomic mass is 32.1. The maximum absolute atomic E-state index is 12.5. The van der Waals surface area contributed by atoms with E-state index in [0.717, 1.165) is 16.8 Å². The first-order valence-electron chi connectivity index (χ1n) is 8.54. The lowest BCUT2D eigenvalue weighted by atomic mass is 10.0. The van der Waals surface area contributed by atoms with Crippen LogP contribution in [0.25, 0.3) is 11.1 Å². The summed E-state index contributed by atoms with van der Waals surface area (Å²) in [7, 11) is 4.04. The fourth-order valence-corrected chi connectivity index (χ4v) is 3.76. The Bertz CT molecular complexity index is 831. The fraction of sp³-hybridized carbons (Fsp3) is 0.190. The number of carbonyl (C=O) groups is 1. The minimum Gasteiger partial charge on any atom is -0.336 e. The van der Waals surface area contributed by atoms with Crippen molar-refractivity contribution in [3.05, 3.63) is 77.0 Å². The van der Waals surface area contributed by atoms with Crippen LogP contribution in [0.3, 0.4) is 0 Å². The molecule has 0 aliphatic rings. The molecule has 2 N–H and O–H groups in total. The molecule has 26 heavy (non-hydrogen) atoms. The lowest BCUT2D eigenvalue weighted by Crippen LogP contribution is -2.36. The van der Waals surface area contributed by atoms with Crippen LogP contribution in [0, 0.1) is 0 Å². The smallest absolute Gasteiger partial charge is 0.319 e. The molecule has 5 heteroatoms. The lowest BCUT2D eigenvalue weighted by Gasteiger charge is -2.23. The largest absolute Gasteiger partial charge is 0.336 e. The number of para-hydroxylation sites is 1. The van der Waals surface area contributed by atoms with Gasteiger partial charge in [-0.3, -0.25) is 0 Å². The van der Waals surface area contributed by atoms with E-state index in [1.165, 1.54) is 4.88 Å². The Balaban J connectivity index is 1.67. The number of carbonyl (C=O) groups excluding carboxylic acids is 1. The van der Waals surface area contributed by atoms with E-state index in [-0.39, 0.29) is 12.1 Å². The summed E-state index contributed by atoms with van der Waals surface area (Å²) in [5, 5.41) is 8.04. The number of amides is 2. The normalized spacial score (nSPS) is 12.0. The van der Waals surface area contributed by atoms with Gasteiger partial charge in [0.25, 0.3) is 0 Å². The van der Waals surface area contributed by atoms with Crippen molar-refractivity contribution in [1.29, 1.82) is 0 Å². The molecular weight excluding hydrogens is 342 g/mol. The summed E-state index contributed by atoms with van der Waals surface area (Å²) in [5.41, 5.74) is 2.88. The first-order chi connectivity index (χ1) is 12.6. The van der Waals surface area contributed by atoms with Gasteiger partial charge in [-0.1, -0.05) is 54.6 Å². The number of nitrogens with one attached hydrogen (secondary N) is 2. The molecule has 1 unspecified atom stereocenters. The van der Waals surface area contributed by atoms with Crippen LogP contribution in [0.15, 0.2) is 72.1 Å². The van der Waals surface area contributed by atoms with E-state index in [1.807, 2.05) is 74.8 Å². The number of thiophene rings is 1. The van der Waals surface area contributed by atoms with E-state index in [1.54, 1.807) is 11.3 Å². The van der Waals surface area contributed by atoms with E-state index >= 15 is 0 Å². The molecule has 0 spiro atoms. The zero-order chi connectivity index (χ0) is 18.4. The third kappa shape index (κ3) is 4.50. The van der Waals surface area contributed by atoms with Crippen LogP contribution in [0.4, 0.5) is 10.5 Å². The van der Waals surface area contributed by atoms with Gasteiger partial charge in [-0.25, -0.2) is 4.79 Å². The van der Waals surface area contributed by atoms with Crippen LogP contribution < -0.4 is 10.6 Å². The van der Waals surface area contributed by atoms with Gasteiger partial charge < -0.3 is 15.5 Å². The summed E-state index contributed by atoms with van der Waals surface area (Å²) in [4.78, 5) is 15.8. The van der Waals surface area contributed by atoms with Crippen molar-refractivity contribution < 1.29 is 4.79 Å². The summed E-state index contributed by atoms with van der Waals surface area (Å²) in [6.07, 6.45) is 0. The van der Waals surface area contributed by atoms with Crippen molar-refractivity contribution in [2.45, 2.75) is 6.04 Å². The highest BCUT2D eigenvalue weighted by Crippen LogP contribution is 2.27. The third-order valence-corrected chi connectivity index (χ3v) is 5.18. The molecule has 0 bridgehead atoms. The predicted octanol–water partition coefficient (Wildman–Crippen LogP) is 4.84. The topological polar surface area (TPSA) is 44.4 Å². The molecule has 0 fully saturated rings. The maximum Gasteiger partial charge on any atom is 0.319 e. The SMILES string of the molecule is CN(C)C(CNC(=O)Nc1ccccc1-c1ccccc1)c1cccs1. The predicted molar refractivity (Wildman–Crippen MR) is 110 cm³/mol. The van der Waals surface area contributed by atoms with Crippen molar-refractivity contribution in [2.24, 2.45) is 0 Å². The molecule has 4 nitrogen and oxygen atoms in total. The molecule has 0 aliphatic carbocycles. The van der Waals surface area contributed by atoms with Gasteiger partial charge in [0.05, 0.1) is 11.7 Å². The minimum atomic E-state index is -0.197. The van der Waals surface area contributed by atoms with E-state index in [2.05, 4.69) is 27.0 Å².